The molecule has 2 aromatic heterocycles. The van der Waals surface area contributed by atoms with Crippen LogP contribution in [0.25, 0.3) is 10.7 Å². The molecule has 1 aliphatic heterocycles. The van der Waals surface area contributed by atoms with E-state index in [1.54, 1.807) is 24.2 Å². The van der Waals surface area contributed by atoms with Gasteiger partial charge in [-0.05, 0) is 37.6 Å². The number of anilines is 1. The maximum atomic E-state index is 13.3. The number of hydrogen-bond donors (Lipinski definition) is 0. The molecule has 7 nitrogen and oxygen atoms in total. The van der Waals surface area contributed by atoms with Crippen LogP contribution < -0.4 is 4.90 Å². The first-order valence-corrected chi connectivity index (χ1v) is 11.8. The zero-order valence-corrected chi connectivity index (χ0v) is 18.7. The van der Waals surface area contributed by atoms with E-state index in [9.17, 15) is 8.42 Å². The molecule has 0 aliphatic carbocycles. The number of hydrogen-bond acceptors (Lipinski definition) is 7. The van der Waals surface area contributed by atoms with E-state index in [2.05, 4.69) is 15.0 Å². The van der Waals surface area contributed by atoms with Crippen molar-refractivity contribution in [1.29, 1.82) is 0 Å². The predicted molar refractivity (Wildman–Crippen MR) is 114 cm³/mol. The van der Waals surface area contributed by atoms with Crippen molar-refractivity contribution >= 4 is 38.6 Å². The SMILES string of the molecule is Cc1nc(-c2cc(S(=O)(=O)N3CCN(c4cc(Cl)ccc4C)CC3)c(C)s2)no1. The number of aryl methyl sites for hydroxylation is 3. The van der Waals surface area contributed by atoms with Crippen LogP contribution >= 0.6 is 22.9 Å². The van der Waals surface area contributed by atoms with E-state index in [-0.39, 0.29) is 0 Å². The van der Waals surface area contributed by atoms with Crippen molar-refractivity contribution in [3.8, 4) is 10.7 Å². The van der Waals surface area contributed by atoms with Gasteiger partial charge in [0.05, 0.1) is 9.77 Å². The highest BCUT2D eigenvalue weighted by Gasteiger charge is 2.31. The maximum Gasteiger partial charge on any atom is 0.244 e. The molecule has 1 fully saturated rings. The Morgan fingerprint density at radius 1 is 1.10 bits per heavy atom. The maximum absolute atomic E-state index is 13.3. The largest absolute Gasteiger partial charge is 0.369 e. The zero-order chi connectivity index (χ0) is 20.8. The molecule has 0 spiro atoms. The third-order valence-corrected chi connectivity index (χ3v) is 8.42. The molecule has 3 aromatic rings. The summed E-state index contributed by atoms with van der Waals surface area (Å²) >= 11 is 7.50. The van der Waals surface area contributed by atoms with Crippen molar-refractivity contribution in [2.45, 2.75) is 25.7 Å². The number of thiophene rings is 1. The molecule has 0 unspecified atom stereocenters. The molecule has 1 aromatic carbocycles. The Bertz CT molecular complexity index is 1150. The van der Waals surface area contributed by atoms with Crippen LogP contribution in [-0.2, 0) is 10.0 Å². The number of piperazine rings is 1. The van der Waals surface area contributed by atoms with Gasteiger partial charge in [-0.1, -0.05) is 22.8 Å². The topological polar surface area (TPSA) is 79.5 Å². The monoisotopic (exact) mass is 452 g/mol. The molecule has 1 aliphatic rings. The van der Waals surface area contributed by atoms with Crippen molar-refractivity contribution in [3.05, 3.63) is 45.6 Å². The van der Waals surface area contributed by atoms with Gasteiger partial charge in [-0.3, -0.25) is 0 Å². The third-order valence-electron chi connectivity index (χ3n) is 4.99. The van der Waals surface area contributed by atoms with Crippen LogP contribution in [0.1, 0.15) is 16.3 Å². The van der Waals surface area contributed by atoms with Gasteiger partial charge in [-0.15, -0.1) is 11.3 Å². The molecule has 4 rings (SSSR count). The molecular weight excluding hydrogens is 432 g/mol. The van der Waals surface area contributed by atoms with Crippen LogP contribution in [0, 0.1) is 20.8 Å². The van der Waals surface area contributed by atoms with Crippen LogP contribution in [0.4, 0.5) is 5.69 Å². The van der Waals surface area contributed by atoms with Gasteiger partial charge in [-0.2, -0.15) is 9.29 Å². The highest BCUT2D eigenvalue weighted by molar-refractivity contribution is 7.89. The van der Waals surface area contributed by atoms with Crippen molar-refractivity contribution in [3.63, 3.8) is 0 Å². The summed E-state index contributed by atoms with van der Waals surface area (Å²) < 4.78 is 33.1. The molecule has 0 saturated carbocycles. The smallest absolute Gasteiger partial charge is 0.244 e. The second kappa shape index (κ2) is 7.71. The predicted octanol–water partition coefficient (Wildman–Crippen LogP) is 3.89. The van der Waals surface area contributed by atoms with E-state index in [1.165, 1.54) is 11.3 Å². The lowest BCUT2D eigenvalue weighted by Crippen LogP contribution is -2.48. The van der Waals surface area contributed by atoms with Gasteiger partial charge in [0.15, 0.2) is 0 Å². The minimum Gasteiger partial charge on any atom is -0.369 e. The molecule has 0 N–H and O–H groups in total. The first-order chi connectivity index (χ1) is 13.8. The lowest BCUT2D eigenvalue weighted by atomic mass is 10.1. The molecule has 154 valence electrons. The standard InChI is InChI=1S/C19H21ClN4O3S2/c1-12-4-5-15(20)10-16(12)23-6-8-24(9-7-23)29(25,26)18-11-17(28-13(18)2)19-21-14(3)27-22-19/h4-5,10-11H,6-9H2,1-3H3. The Labute approximate surface area is 179 Å². The van der Waals surface area contributed by atoms with Gasteiger partial charge in [0.1, 0.15) is 0 Å². The van der Waals surface area contributed by atoms with E-state index in [0.29, 0.717) is 52.7 Å². The Kier molecular flexibility index (Phi) is 5.41. The van der Waals surface area contributed by atoms with Crippen molar-refractivity contribution < 1.29 is 12.9 Å². The highest BCUT2D eigenvalue weighted by Crippen LogP contribution is 2.34. The average Bonchev–Trinajstić information content (AvgIpc) is 3.30. The summed E-state index contributed by atoms with van der Waals surface area (Å²) in [4.78, 5) is 8.09. The molecule has 3 heterocycles. The second-order valence-electron chi connectivity index (χ2n) is 6.99. The van der Waals surface area contributed by atoms with Crippen LogP contribution in [0.3, 0.4) is 0 Å². The number of nitrogens with zero attached hydrogens (tertiary/aromatic N) is 4. The van der Waals surface area contributed by atoms with Gasteiger partial charge in [-0.25, -0.2) is 8.42 Å². The number of sulfonamides is 1. The van der Waals surface area contributed by atoms with E-state index >= 15 is 0 Å². The Morgan fingerprint density at radius 2 is 1.83 bits per heavy atom. The summed E-state index contributed by atoms with van der Waals surface area (Å²) in [6.45, 7) is 7.60. The number of rotatable bonds is 4. The van der Waals surface area contributed by atoms with Gasteiger partial charge in [0.2, 0.25) is 21.7 Å². The van der Waals surface area contributed by atoms with Crippen molar-refractivity contribution in [2.75, 3.05) is 31.1 Å². The fourth-order valence-corrected chi connectivity index (χ4v) is 6.54. The molecule has 29 heavy (non-hydrogen) atoms. The molecule has 0 bridgehead atoms. The quantitative estimate of drug-likeness (QED) is 0.597. The van der Waals surface area contributed by atoms with E-state index in [1.807, 2.05) is 25.1 Å². The molecule has 0 atom stereocenters. The summed E-state index contributed by atoms with van der Waals surface area (Å²) in [5.74, 6) is 0.862. The Morgan fingerprint density at radius 3 is 2.48 bits per heavy atom. The van der Waals surface area contributed by atoms with E-state index in [4.69, 9.17) is 16.1 Å². The molecule has 0 amide bonds. The fraction of sp³-hybridized carbons (Fsp3) is 0.368. The number of halogens is 1. The van der Waals surface area contributed by atoms with Gasteiger partial charge in [0.25, 0.3) is 0 Å². The minimum atomic E-state index is -3.59. The van der Waals surface area contributed by atoms with Crippen LogP contribution in [0.15, 0.2) is 33.7 Å². The molecule has 0 radical (unpaired) electrons. The Balaban J connectivity index is 1.54. The lowest BCUT2D eigenvalue weighted by molar-refractivity contribution is 0.384. The fourth-order valence-electron chi connectivity index (χ4n) is 3.46. The lowest BCUT2D eigenvalue weighted by Gasteiger charge is -2.36. The highest BCUT2D eigenvalue weighted by atomic mass is 35.5. The number of aromatic nitrogens is 2. The van der Waals surface area contributed by atoms with Crippen LogP contribution in [-0.4, -0.2) is 49.0 Å². The summed E-state index contributed by atoms with van der Waals surface area (Å²) in [5.41, 5.74) is 2.18. The van der Waals surface area contributed by atoms with Gasteiger partial charge in [0, 0.05) is 48.7 Å². The summed E-state index contributed by atoms with van der Waals surface area (Å²) in [6, 6.07) is 7.43. The summed E-state index contributed by atoms with van der Waals surface area (Å²) in [5, 5.41) is 4.57. The summed E-state index contributed by atoms with van der Waals surface area (Å²) in [6.07, 6.45) is 0. The minimum absolute atomic E-state index is 0.312. The van der Waals surface area contributed by atoms with Crippen LogP contribution in [0.5, 0.6) is 0 Å². The first-order valence-electron chi connectivity index (χ1n) is 9.18. The van der Waals surface area contributed by atoms with Crippen molar-refractivity contribution in [2.24, 2.45) is 0 Å². The number of benzene rings is 1. The molecule has 10 heteroatoms. The second-order valence-corrected chi connectivity index (χ2v) is 10.6. The third kappa shape index (κ3) is 3.92. The van der Waals surface area contributed by atoms with Gasteiger partial charge >= 0.3 is 0 Å². The zero-order valence-electron chi connectivity index (χ0n) is 16.3. The van der Waals surface area contributed by atoms with E-state index < -0.39 is 10.0 Å². The summed E-state index contributed by atoms with van der Waals surface area (Å²) in [7, 11) is -3.59. The van der Waals surface area contributed by atoms with E-state index in [0.717, 1.165) is 16.1 Å². The average molecular weight is 453 g/mol. The molecule has 1 saturated heterocycles. The Hall–Kier alpha value is -1.94. The van der Waals surface area contributed by atoms with Crippen molar-refractivity contribution in [1.82, 2.24) is 14.4 Å². The van der Waals surface area contributed by atoms with Gasteiger partial charge < -0.3 is 9.42 Å². The van der Waals surface area contributed by atoms with Crippen LogP contribution in [0.2, 0.25) is 5.02 Å². The molecular formula is C19H21ClN4O3S2. The normalized spacial score (nSPS) is 15.8. The first kappa shape index (κ1) is 20.3.